The lowest BCUT2D eigenvalue weighted by atomic mass is 9.86. The Hall–Kier alpha value is -2.82. The molecule has 172 valence electrons. The van der Waals surface area contributed by atoms with Crippen molar-refractivity contribution in [1.29, 1.82) is 0 Å². The molecule has 0 aromatic heterocycles. The first-order valence-electron chi connectivity index (χ1n) is 11.6. The van der Waals surface area contributed by atoms with Gasteiger partial charge in [0.2, 0.25) is 5.91 Å². The van der Waals surface area contributed by atoms with Crippen molar-refractivity contribution in [3.05, 3.63) is 65.2 Å². The summed E-state index contributed by atoms with van der Waals surface area (Å²) in [4.78, 5) is 27.0. The largest absolute Gasteiger partial charge is 0.494 e. The van der Waals surface area contributed by atoms with E-state index in [1.807, 2.05) is 60.4 Å². The van der Waals surface area contributed by atoms with Gasteiger partial charge in [-0.05, 0) is 61.4 Å². The number of piperidine rings is 1. The molecule has 3 rings (SSSR count). The zero-order valence-corrected chi connectivity index (χ0v) is 19.8. The molecule has 0 atom stereocenters. The van der Waals surface area contributed by atoms with Crippen molar-refractivity contribution >= 4 is 11.8 Å². The molecular weight excluding hydrogens is 400 g/mol. The van der Waals surface area contributed by atoms with Crippen LogP contribution in [-0.2, 0) is 10.2 Å². The molecule has 0 spiro atoms. The van der Waals surface area contributed by atoms with Crippen LogP contribution in [0, 0.1) is 6.92 Å². The SMILES string of the molecule is Cc1ccc(OCCCC(=O)N2CCC(NC(=O)c3ccc(C(C)(C)C)cc3)CC2)cc1. The van der Waals surface area contributed by atoms with Gasteiger partial charge in [0.15, 0.2) is 0 Å². The molecule has 5 heteroatoms. The van der Waals surface area contributed by atoms with Crippen molar-refractivity contribution in [3.63, 3.8) is 0 Å². The lowest BCUT2D eigenvalue weighted by molar-refractivity contribution is -0.132. The molecule has 1 N–H and O–H groups in total. The third kappa shape index (κ3) is 6.84. The van der Waals surface area contributed by atoms with E-state index in [0.717, 1.165) is 18.6 Å². The fourth-order valence-electron chi connectivity index (χ4n) is 3.87. The van der Waals surface area contributed by atoms with Crippen molar-refractivity contribution in [1.82, 2.24) is 10.2 Å². The van der Waals surface area contributed by atoms with Gasteiger partial charge in [-0.15, -0.1) is 0 Å². The Bertz CT molecular complexity index is 890. The van der Waals surface area contributed by atoms with E-state index in [-0.39, 0.29) is 23.3 Å². The number of nitrogens with zero attached hydrogens (tertiary/aromatic N) is 1. The standard InChI is InChI=1S/C27H36N2O3/c1-20-7-13-24(14-8-20)32-19-5-6-25(30)29-17-15-23(16-18-29)28-26(31)21-9-11-22(12-10-21)27(2,3)4/h7-14,23H,5-6,15-19H2,1-4H3,(H,28,31). The van der Waals surface area contributed by atoms with Crippen LogP contribution in [0.4, 0.5) is 0 Å². The number of hydrogen-bond donors (Lipinski definition) is 1. The molecule has 1 saturated heterocycles. The molecule has 0 bridgehead atoms. The topological polar surface area (TPSA) is 58.6 Å². The molecule has 32 heavy (non-hydrogen) atoms. The zero-order chi connectivity index (χ0) is 23.1. The van der Waals surface area contributed by atoms with Crippen molar-refractivity contribution in [2.24, 2.45) is 0 Å². The maximum absolute atomic E-state index is 12.6. The van der Waals surface area contributed by atoms with Crippen molar-refractivity contribution < 1.29 is 14.3 Å². The van der Waals surface area contributed by atoms with Crippen LogP contribution in [0.3, 0.4) is 0 Å². The number of ether oxygens (including phenoxy) is 1. The molecule has 2 aromatic carbocycles. The van der Waals surface area contributed by atoms with Gasteiger partial charge in [0.1, 0.15) is 5.75 Å². The highest BCUT2D eigenvalue weighted by molar-refractivity contribution is 5.94. The minimum Gasteiger partial charge on any atom is -0.494 e. The maximum atomic E-state index is 12.6. The Labute approximate surface area is 192 Å². The smallest absolute Gasteiger partial charge is 0.251 e. The van der Waals surface area contributed by atoms with Crippen LogP contribution in [0.25, 0.3) is 0 Å². The number of benzene rings is 2. The molecule has 0 radical (unpaired) electrons. The van der Waals surface area contributed by atoms with Crippen LogP contribution in [0.15, 0.2) is 48.5 Å². The average Bonchev–Trinajstić information content (AvgIpc) is 2.78. The van der Waals surface area contributed by atoms with Crippen LogP contribution in [-0.4, -0.2) is 42.5 Å². The van der Waals surface area contributed by atoms with Crippen molar-refractivity contribution in [2.75, 3.05) is 19.7 Å². The van der Waals surface area contributed by atoms with E-state index in [9.17, 15) is 9.59 Å². The Balaban J connectivity index is 1.36. The van der Waals surface area contributed by atoms with E-state index >= 15 is 0 Å². The molecule has 1 heterocycles. The number of amides is 2. The number of hydrogen-bond acceptors (Lipinski definition) is 3. The van der Waals surface area contributed by atoms with Crippen molar-refractivity contribution in [3.8, 4) is 5.75 Å². The number of rotatable bonds is 7. The number of carbonyl (C=O) groups excluding carboxylic acids is 2. The minimum absolute atomic E-state index is 0.0384. The molecule has 1 aliphatic rings. The van der Waals surface area contributed by atoms with E-state index < -0.39 is 0 Å². The normalized spacial score (nSPS) is 14.8. The summed E-state index contributed by atoms with van der Waals surface area (Å²) in [6.45, 7) is 10.4. The number of carbonyl (C=O) groups is 2. The Morgan fingerprint density at radius 2 is 1.62 bits per heavy atom. The molecular formula is C27H36N2O3. The summed E-state index contributed by atoms with van der Waals surface area (Å²) >= 11 is 0. The van der Waals surface area contributed by atoms with E-state index in [1.165, 1.54) is 11.1 Å². The van der Waals surface area contributed by atoms with E-state index in [2.05, 4.69) is 26.1 Å². The fraction of sp³-hybridized carbons (Fsp3) is 0.481. The summed E-state index contributed by atoms with van der Waals surface area (Å²) in [5, 5.41) is 3.13. The predicted molar refractivity (Wildman–Crippen MR) is 128 cm³/mol. The molecule has 5 nitrogen and oxygen atoms in total. The van der Waals surface area contributed by atoms with Crippen LogP contribution < -0.4 is 10.1 Å². The van der Waals surface area contributed by atoms with Crippen LogP contribution in [0.2, 0.25) is 0 Å². The second-order valence-corrected chi connectivity index (χ2v) is 9.72. The van der Waals surface area contributed by atoms with Crippen molar-refractivity contribution in [2.45, 2.75) is 64.8 Å². The second-order valence-electron chi connectivity index (χ2n) is 9.72. The van der Waals surface area contributed by atoms with Gasteiger partial charge < -0.3 is 15.0 Å². The van der Waals surface area contributed by atoms with Gasteiger partial charge >= 0.3 is 0 Å². The van der Waals surface area contributed by atoms with E-state index in [1.54, 1.807) is 0 Å². The molecule has 2 aromatic rings. The van der Waals surface area contributed by atoms with Gasteiger partial charge in [0, 0.05) is 31.1 Å². The van der Waals surface area contributed by atoms with Crippen LogP contribution in [0.5, 0.6) is 5.75 Å². The highest BCUT2D eigenvalue weighted by atomic mass is 16.5. The van der Waals surface area contributed by atoms with Crippen LogP contribution in [0.1, 0.15) is 67.9 Å². The minimum atomic E-state index is -0.0384. The molecule has 0 saturated carbocycles. The van der Waals surface area contributed by atoms with Gasteiger partial charge in [0.05, 0.1) is 6.61 Å². The monoisotopic (exact) mass is 436 g/mol. The predicted octanol–water partition coefficient (Wildman–Crippen LogP) is 4.87. The van der Waals surface area contributed by atoms with E-state index in [0.29, 0.717) is 38.1 Å². The lowest BCUT2D eigenvalue weighted by Crippen LogP contribution is -2.46. The summed E-state index contributed by atoms with van der Waals surface area (Å²) < 4.78 is 5.71. The highest BCUT2D eigenvalue weighted by Crippen LogP contribution is 2.22. The van der Waals surface area contributed by atoms with Gasteiger partial charge in [-0.2, -0.15) is 0 Å². The van der Waals surface area contributed by atoms with Gasteiger partial charge in [-0.3, -0.25) is 9.59 Å². The Kier molecular flexibility index (Phi) is 7.94. The Morgan fingerprint density at radius 1 is 1.00 bits per heavy atom. The number of likely N-dealkylation sites (tertiary alicyclic amines) is 1. The summed E-state index contributed by atoms with van der Waals surface area (Å²) in [6, 6.07) is 15.9. The first kappa shape index (κ1) is 23.8. The zero-order valence-electron chi connectivity index (χ0n) is 19.8. The summed E-state index contributed by atoms with van der Waals surface area (Å²) in [7, 11) is 0. The number of aryl methyl sites for hydroxylation is 1. The first-order valence-corrected chi connectivity index (χ1v) is 11.6. The third-order valence-corrected chi connectivity index (χ3v) is 6.02. The maximum Gasteiger partial charge on any atom is 0.251 e. The lowest BCUT2D eigenvalue weighted by Gasteiger charge is -2.32. The average molecular weight is 437 g/mol. The quantitative estimate of drug-likeness (QED) is 0.630. The highest BCUT2D eigenvalue weighted by Gasteiger charge is 2.24. The van der Waals surface area contributed by atoms with Gasteiger partial charge in [-0.25, -0.2) is 0 Å². The van der Waals surface area contributed by atoms with Crippen LogP contribution >= 0.6 is 0 Å². The second kappa shape index (κ2) is 10.7. The van der Waals surface area contributed by atoms with Gasteiger partial charge in [-0.1, -0.05) is 50.6 Å². The summed E-state index contributed by atoms with van der Waals surface area (Å²) in [5.74, 6) is 0.969. The summed E-state index contributed by atoms with van der Waals surface area (Å²) in [6.07, 6.45) is 2.77. The molecule has 1 aliphatic heterocycles. The first-order chi connectivity index (χ1) is 15.2. The molecule has 0 unspecified atom stereocenters. The fourth-order valence-corrected chi connectivity index (χ4v) is 3.87. The van der Waals surface area contributed by atoms with Gasteiger partial charge in [0.25, 0.3) is 5.91 Å². The number of nitrogens with one attached hydrogen (secondary N) is 1. The third-order valence-electron chi connectivity index (χ3n) is 6.02. The van der Waals surface area contributed by atoms with E-state index in [4.69, 9.17) is 4.74 Å². The molecule has 0 aliphatic carbocycles. The molecule has 1 fully saturated rings. The summed E-state index contributed by atoms with van der Waals surface area (Å²) in [5.41, 5.74) is 3.17. The Morgan fingerprint density at radius 3 is 2.22 bits per heavy atom. The molecule has 2 amide bonds.